The molecule has 0 aliphatic heterocycles. The van der Waals surface area contributed by atoms with Crippen LogP contribution in [0.3, 0.4) is 0 Å². The maximum Gasteiger partial charge on any atom is 0.392 e. The lowest BCUT2D eigenvalue weighted by Gasteiger charge is -2.22. The molecule has 0 amide bonds. The summed E-state index contributed by atoms with van der Waals surface area (Å²) in [6.07, 6.45) is -3.32. The number of rotatable bonds is 1. The highest BCUT2D eigenvalue weighted by Gasteiger charge is 2.40. The highest BCUT2D eigenvalue weighted by Crippen LogP contribution is 2.36. The molecule has 1 atom stereocenters. The van der Waals surface area contributed by atoms with E-state index >= 15 is 0 Å². The van der Waals surface area contributed by atoms with E-state index in [0.717, 1.165) is 0 Å². The molecule has 13 heavy (non-hydrogen) atoms. The number of carboxylic acids is 1. The molecule has 0 bridgehead atoms. The summed E-state index contributed by atoms with van der Waals surface area (Å²) in [5.74, 6) is -2.48. The van der Waals surface area contributed by atoms with Gasteiger partial charge in [-0.05, 0) is 19.3 Å². The minimum Gasteiger partial charge on any atom is -0.478 e. The summed E-state index contributed by atoms with van der Waals surface area (Å²) in [6.45, 7) is 0. The van der Waals surface area contributed by atoms with Crippen LogP contribution in [0.5, 0.6) is 0 Å². The monoisotopic (exact) mass is 194 g/mol. The highest BCUT2D eigenvalue weighted by molar-refractivity contribution is 5.86. The van der Waals surface area contributed by atoms with Crippen molar-refractivity contribution >= 4 is 5.97 Å². The van der Waals surface area contributed by atoms with Gasteiger partial charge in [-0.1, -0.05) is 6.08 Å². The largest absolute Gasteiger partial charge is 0.478 e. The minimum atomic E-state index is -4.19. The SMILES string of the molecule is O=C(O)C1=CCC(C(F)(F)F)CC1. The lowest BCUT2D eigenvalue weighted by molar-refractivity contribution is -0.176. The molecule has 0 saturated carbocycles. The van der Waals surface area contributed by atoms with Crippen LogP contribution < -0.4 is 0 Å². The molecule has 1 aliphatic rings. The van der Waals surface area contributed by atoms with E-state index in [1.165, 1.54) is 6.08 Å². The third-order valence-electron chi connectivity index (χ3n) is 2.15. The van der Waals surface area contributed by atoms with Crippen molar-refractivity contribution in [3.8, 4) is 0 Å². The fraction of sp³-hybridized carbons (Fsp3) is 0.625. The molecule has 1 N–H and O–H groups in total. The first-order valence-corrected chi connectivity index (χ1v) is 3.90. The molecular weight excluding hydrogens is 185 g/mol. The van der Waals surface area contributed by atoms with Gasteiger partial charge in [-0.2, -0.15) is 13.2 Å². The number of alkyl halides is 3. The number of allylic oxidation sites excluding steroid dienone is 1. The van der Waals surface area contributed by atoms with E-state index < -0.39 is 18.1 Å². The van der Waals surface area contributed by atoms with Crippen LogP contribution in [-0.4, -0.2) is 17.3 Å². The first kappa shape index (κ1) is 10.1. The average molecular weight is 194 g/mol. The fourth-order valence-corrected chi connectivity index (χ4v) is 1.33. The molecule has 0 spiro atoms. The van der Waals surface area contributed by atoms with E-state index in [4.69, 9.17) is 5.11 Å². The highest BCUT2D eigenvalue weighted by atomic mass is 19.4. The van der Waals surface area contributed by atoms with E-state index in [-0.39, 0.29) is 24.8 Å². The van der Waals surface area contributed by atoms with Crippen molar-refractivity contribution in [1.29, 1.82) is 0 Å². The Hall–Kier alpha value is -1.00. The fourth-order valence-electron chi connectivity index (χ4n) is 1.33. The summed E-state index contributed by atoms with van der Waals surface area (Å²) in [6, 6.07) is 0. The molecule has 0 heterocycles. The van der Waals surface area contributed by atoms with Gasteiger partial charge >= 0.3 is 12.1 Å². The Morgan fingerprint density at radius 3 is 2.46 bits per heavy atom. The van der Waals surface area contributed by atoms with Crippen molar-refractivity contribution in [2.24, 2.45) is 5.92 Å². The summed E-state index contributed by atoms with van der Waals surface area (Å²) in [4.78, 5) is 10.4. The number of carbonyl (C=O) groups is 1. The van der Waals surface area contributed by atoms with Crippen LogP contribution in [0, 0.1) is 5.92 Å². The molecule has 0 aromatic rings. The minimum absolute atomic E-state index is 0.0134. The van der Waals surface area contributed by atoms with E-state index in [9.17, 15) is 18.0 Å². The van der Waals surface area contributed by atoms with Gasteiger partial charge in [0.25, 0.3) is 0 Å². The van der Waals surface area contributed by atoms with Gasteiger partial charge in [-0.3, -0.25) is 0 Å². The molecule has 0 saturated heterocycles. The number of hydrogen-bond donors (Lipinski definition) is 1. The lowest BCUT2D eigenvalue weighted by atomic mass is 9.89. The molecule has 0 aromatic carbocycles. The van der Waals surface area contributed by atoms with Crippen molar-refractivity contribution in [1.82, 2.24) is 0 Å². The van der Waals surface area contributed by atoms with Crippen LogP contribution in [0.25, 0.3) is 0 Å². The maximum absolute atomic E-state index is 12.1. The quantitative estimate of drug-likeness (QED) is 0.695. The molecule has 1 rings (SSSR count). The van der Waals surface area contributed by atoms with E-state index in [2.05, 4.69) is 0 Å². The van der Waals surface area contributed by atoms with Crippen molar-refractivity contribution in [2.75, 3.05) is 0 Å². The van der Waals surface area contributed by atoms with Crippen molar-refractivity contribution < 1.29 is 23.1 Å². The van der Waals surface area contributed by atoms with Crippen molar-refractivity contribution in [3.05, 3.63) is 11.6 Å². The van der Waals surface area contributed by atoms with Gasteiger partial charge in [0.2, 0.25) is 0 Å². The van der Waals surface area contributed by atoms with Gasteiger partial charge in [0.1, 0.15) is 0 Å². The van der Waals surface area contributed by atoms with Gasteiger partial charge < -0.3 is 5.11 Å². The summed E-state index contributed by atoms with van der Waals surface area (Å²) >= 11 is 0. The summed E-state index contributed by atoms with van der Waals surface area (Å²) < 4.78 is 36.3. The van der Waals surface area contributed by atoms with Crippen LogP contribution in [-0.2, 0) is 4.79 Å². The first-order valence-electron chi connectivity index (χ1n) is 3.90. The van der Waals surface area contributed by atoms with Crippen LogP contribution >= 0.6 is 0 Å². The Labute approximate surface area is 73.1 Å². The normalized spacial score (nSPS) is 23.9. The molecule has 74 valence electrons. The third-order valence-corrected chi connectivity index (χ3v) is 2.15. The van der Waals surface area contributed by atoms with E-state index in [1.807, 2.05) is 0 Å². The summed E-state index contributed by atoms with van der Waals surface area (Å²) in [5, 5.41) is 8.48. The first-order chi connectivity index (χ1) is 5.91. The summed E-state index contributed by atoms with van der Waals surface area (Å²) in [5.41, 5.74) is 0.0977. The Bertz CT molecular complexity index is 242. The smallest absolute Gasteiger partial charge is 0.392 e. The Balaban J connectivity index is 2.61. The Kier molecular flexibility index (Phi) is 2.63. The van der Waals surface area contributed by atoms with Crippen LogP contribution in [0.15, 0.2) is 11.6 Å². The molecule has 5 heteroatoms. The van der Waals surface area contributed by atoms with Crippen molar-refractivity contribution in [2.45, 2.75) is 25.4 Å². The van der Waals surface area contributed by atoms with E-state index in [1.54, 1.807) is 0 Å². The average Bonchev–Trinajstić information content (AvgIpc) is 2.03. The zero-order valence-electron chi connectivity index (χ0n) is 6.77. The van der Waals surface area contributed by atoms with Gasteiger partial charge in [0, 0.05) is 5.57 Å². The third kappa shape index (κ3) is 2.47. The maximum atomic E-state index is 12.1. The Morgan fingerprint density at radius 2 is 2.15 bits per heavy atom. The number of aliphatic carboxylic acids is 1. The number of hydrogen-bond acceptors (Lipinski definition) is 1. The van der Waals surface area contributed by atoms with Crippen LogP contribution in [0.1, 0.15) is 19.3 Å². The molecule has 0 aromatic heterocycles. The summed E-state index contributed by atoms with van der Waals surface area (Å²) in [7, 11) is 0. The van der Waals surface area contributed by atoms with Crippen LogP contribution in [0.2, 0.25) is 0 Å². The predicted molar refractivity (Wildman–Crippen MR) is 39.1 cm³/mol. The molecule has 1 unspecified atom stereocenters. The topological polar surface area (TPSA) is 37.3 Å². The second-order valence-corrected chi connectivity index (χ2v) is 3.05. The molecule has 1 aliphatic carbocycles. The number of carboxylic acid groups (broad SMARTS) is 1. The zero-order valence-corrected chi connectivity index (χ0v) is 6.77. The van der Waals surface area contributed by atoms with Gasteiger partial charge in [-0.15, -0.1) is 0 Å². The van der Waals surface area contributed by atoms with Crippen molar-refractivity contribution in [3.63, 3.8) is 0 Å². The van der Waals surface area contributed by atoms with Gasteiger partial charge in [0.15, 0.2) is 0 Å². The van der Waals surface area contributed by atoms with Crippen LogP contribution in [0.4, 0.5) is 13.2 Å². The molecule has 0 fully saturated rings. The molecular formula is C8H9F3O2. The molecule has 0 radical (unpaired) electrons. The Morgan fingerprint density at radius 1 is 1.54 bits per heavy atom. The molecule has 2 nitrogen and oxygen atoms in total. The van der Waals surface area contributed by atoms with E-state index in [0.29, 0.717) is 0 Å². The van der Waals surface area contributed by atoms with Gasteiger partial charge in [-0.25, -0.2) is 4.79 Å². The second kappa shape index (κ2) is 3.40. The predicted octanol–water partition coefficient (Wildman–Crippen LogP) is 2.36. The van der Waals surface area contributed by atoms with Gasteiger partial charge in [0.05, 0.1) is 5.92 Å². The number of halogens is 3. The second-order valence-electron chi connectivity index (χ2n) is 3.05. The lowest BCUT2D eigenvalue weighted by Crippen LogP contribution is -2.25. The zero-order chi connectivity index (χ0) is 10.1. The standard InChI is InChI=1S/C8H9F3O2/c9-8(10,11)6-3-1-5(2-4-6)7(12)13/h1,6H,2-4H2,(H,12,13).